The fourth-order valence-corrected chi connectivity index (χ4v) is 3.69. The van der Waals surface area contributed by atoms with E-state index in [1.807, 2.05) is 0 Å². The summed E-state index contributed by atoms with van der Waals surface area (Å²) >= 11 is 0. The smallest absolute Gasteiger partial charge is 0.341 e. The van der Waals surface area contributed by atoms with E-state index in [9.17, 15) is 31.4 Å². The summed E-state index contributed by atoms with van der Waals surface area (Å²) in [5.41, 5.74) is -2.24. The average molecular weight is 460 g/mol. The Hall–Kier alpha value is -3.21. The second-order valence-corrected chi connectivity index (χ2v) is 7.12. The number of rotatable bonds is 9. The standard InChI is InChI=1S/C20H16F4O6S/c1-4-29-20(26)10(2)17(25)13-14(22)18(30-9-21)15(23)16(24)19(13)31(27)12-7-5-11(28-3)6-8-12/h5-8H,2,4,9H2,1,3H3. The molecule has 6 nitrogen and oxygen atoms in total. The van der Waals surface area contributed by atoms with Gasteiger partial charge in [0.15, 0.2) is 17.4 Å². The zero-order chi connectivity index (χ0) is 23.3. The van der Waals surface area contributed by atoms with Crippen LogP contribution in [0.15, 0.2) is 46.2 Å². The Morgan fingerprint density at radius 3 is 2.19 bits per heavy atom. The lowest BCUT2D eigenvalue weighted by Gasteiger charge is -2.16. The number of carbonyl (C=O) groups excluding carboxylic acids is 2. The Morgan fingerprint density at radius 2 is 1.68 bits per heavy atom. The summed E-state index contributed by atoms with van der Waals surface area (Å²) in [4.78, 5) is 23.2. The third kappa shape index (κ3) is 4.76. The van der Waals surface area contributed by atoms with Gasteiger partial charge in [-0.05, 0) is 31.2 Å². The van der Waals surface area contributed by atoms with Crippen molar-refractivity contribution in [2.24, 2.45) is 0 Å². The summed E-state index contributed by atoms with van der Waals surface area (Å²) in [6.45, 7) is 2.69. The van der Waals surface area contributed by atoms with Gasteiger partial charge in [-0.25, -0.2) is 22.2 Å². The molecular weight excluding hydrogens is 444 g/mol. The van der Waals surface area contributed by atoms with E-state index in [2.05, 4.69) is 16.1 Å². The van der Waals surface area contributed by atoms with Crippen LogP contribution in [0.5, 0.6) is 11.5 Å². The molecule has 0 radical (unpaired) electrons. The van der Waals surface area contributed by atoms with E-state index in [-0.39, 0.29) is 11.5 Å². The van der Waals surface area contributed by atoms with Gasteiger partial charge in [0.05, 0.1) is 35.0 Å². The molecule has 0 aliphatic carbocycles. The first-order chi connectivity index (χ1) is 14.7. The fourth-order valence-electron chi connectivity index (χ4n) is 2.46. The molecule has 0 N–H and O–H groups in total. The van der Waals surface area contributed by atoms with E-state index in [0.717, 1.165) is 0 Å². The third-order valence-electron chi connectivity index (χ3n) is 3.92. The Morgan fingerprint density at radius 1 is 1.06 bits per heavy atom. The van der Waals surface area contributed by atoms with Gasteiger partial charge >= 0.3 is 5.97 Å². The first kappa shape index (κ1) is 24.1. The minimum absolute atomic E-state index is 0.145. The number of halogens is 4. The van der Waals surface area contributed by atoms with Crippen LogP contribution >= 0.6 is 0 Å². The number of methoxy groups -OCH3 is 1. The second kappa shape index (κ2) is 10.2. The van der Waals surface area contributed by atoms with Gasteiger partial charge in [0.2, 0.25) is 18.5 Å². The molecule has 0 aliphatic heterocycles. The minimum atomic E-state index is -2.64. The van der Waals surface area contributed by atoms with Crippen molar-refractivity contribution in [3.8, 4) is 11.5 Å². The molecule has 0 amide bonds. The Labute approximate surface area is 176 Å². The van der Waals surface area contributed by atoms with Gasteiger partial charge in [0.25, 0.3) is 0 Å². The van der Waals surface area contributed by atoms with Crippen LogP contribution in [-0.2, 0) is 20.3 Å². The van der Waals surface area contributed by atoms with Gasteiger partial charge in [-0.2, -0.15) is 4.39 Å². The van der Waals surface area contributed by atoms with Crippen LogP contribution in [0.2, 0.25) is 0 Å². The molecule has 0 aromatic heterocycles. The quantitative estimate of drug-likeness (QED) is 0.108. The van der Waals surface area contributed by atoms with E-state index >= 15 is 0 Å². The predicted octanol–water partition coefficient (Wildman–Crippen LogP) is 3.89. The lowest BCUT2D eigenvalue weighted by atomic mass is 10.0. The zero-order valence-electron chi connectivity index (χ0n) is 16.3. The van der Waals surface area contributed by atoms with E-state index in [4.69, 9.17) is 4.74 Å². The number of ether oxygens (including phenoxy) is 3. The molecule has 11 heteroatoms. The maximum Gasteiger partial charge on any atom is 0.341 e. The number of hydrogen-bond acceptors (Lipinski definition) is 6. The van der Waals surface area contributed by atoms with E-state index in [0.29, 0.717) is 5.75 Å². The summed E-state index contributed by atoms with van der Waals surface area (Å²) in [5, 5.41) is 0. The number of alkyl halides is 1. The summed E-state index contributed by atoms with van der Waals surface area (Å²) in [5.74, 6) is -9.75. The average Bonchev–Trinajstić information content (AvgIpc) is 2.77. The Kier molecular flexibility index (Phi) is 7.92. The maximum atomic E-state index is 14.9. The molecule has 0 bridgehead atoms. The Balaban J connectivity index is 2.76. The molecular formula is C20H16F4O6S. The first-order valence-corrected chi connectivity index (χ1v) is 9.70. The van der Waals surface area contributed by atoms with Crippen LogP contribution < -0.4 is 9.47 Å². The van der Waals surface area contributed by atoms with Crippen molar-refractivity contribution < 1.29 is 45.6 Å². The summed E-state index contributed by atoms with van der Waals surface area (Å²) in [6, 6.07) is 5.12. The molecule has 0 spiro atoms. The van der Waals surface area contributed by atoms with Crippen LogP contribution in [0.4, 0.5) is 17.6 Å². The van der Waals surface area contributed by atoms with Crippen LogP contribution in [0.3, 0.4) is 0 Å². The highest BCUT2D eigenvalue weighted by molar-refractivity contribution is 7.85. The Bertz CT molecular complexity index is 1050. The number of ketones is 1. The van der Waals surface area contributed by atoms with Gasteiger partial charge in [-0.15, -0.1) is 0 Å². The van der Waals surface area contributed by atoms with E-state index < -0.39 is 68.6 Å². The van der Waals surface area contributed by atoms with E-state index in [1.54, 1.807) is 0 Å². The van der Waals surface area contributed by atoms with Crippen LogP contribution in [0.1, 0.15) is 17.3 Å². The summed E-state index contributed by atoms with van der Waals surface area (Å²) in [7, 11) is -1.28. The lowest BCUT2D eigenvalue weighted by Crippen LogP contribution is -2.20. The molecule has 0 saturated carbocycles. The molecule has 2 aromatic rings. The van der Waals surface area contributed by atoms with E-state index in [1.165, 1.54) is 38.3 Å². The van der Waals surface area contributed by atoms with Crippen molar-refractivity contribution in [2.75, 3.05) is 20.6 Å². The molecule has 0 heterocycles. The minimum Gasteiger partial charge on any atom is -0.497 e. The SMILES string of the molecule is C=C(C(=O)OCC)C(=O)c1c(F)c(OCF)c(F)c(F)c1S(=O)c1ccc(OC)cc1. The van der Waals surface area contributed by atoms with Crippen molar-refractivity contribution in [1.29, 1.82) is 0 Å². The largest absolute Gasteiger partial charge is 0.497 e. The van der Waals surface area contributed by atoms with Crippen LogP contribution in [-0.4, -0.2) is 36.5 Å². The number of carbonyl (C=O) groups is 2. The maximum absolute atomic E-state index is 14.9. The molecule has 2 rings (SSSR count). The summed E-state index contributed by atoms with van der Waals surface area (Å²) < 4.78 is 83.3. The summed E-state index contributed by atoms with van der Waals surface area (Å²) in [6.07, 6.45) is 0. The van der Waals surface area contributed by atoms with Gasteiger partial charge in [0, 0.05) is 4.90 Å². The molecule has 166 valence electrons. The number of Topliss-reactive ketones (excluding diaryl/α,β-unsaturated/α-hetero) is 1. The molecule has 0 fully saturated rings. The third-order valence-corrected chi connectivity index (χ3v) is 5.37. The predicted molar refractivity (Wildman–Crippen MR) is 101 cm³/mol. The lowest BCUT2D eigenvalue weighted by molar-refractivity contribution is -0.138. The fraction of sp³-hybridized carbons (Fsp3) is 0.200. The second-order valence-electron chi connectivity index (χ2n) is 5.70. The van der Waals surface area contributed by atoms with Crippen LogP contribution in [0, 0.1) is 17.5 Å². The van der Waals surface area contributed by atoms with Crippen LogP contribution in [0.25, 0.3) is 0 Å². The number of hydrogen-bond donors (Lipinski definition) is 0. The topological polar surface area (TPSA) is 78.9 Å². The van der Waals surface area contributed by atoms with Gasteiger partial charge in [-0.1, -0.05) is 6.58 Å². The highest BCUT2D eigenvalue weighted by atomic mass is 32.2. The first-order valence-electron chi connectivity index (χ1n) is 8.55. The zero-order valence-corrected chi connectivity index (χ0v) is 17.1. The van der Waals surface area contributed by atoms with Crippen molar-refractivity contribution >= 4 is 22.6 Å². The van der Waals surface area contributed by atoms with Gasteiger partial charge < -0.3 is 14.2 Å². The van der Waals surface area contributed by atoms with Gasteiger partial charge in [-0.3, -0.25) is 4.79 Å². The highest BCUT2D eigenvalue weighted by Gasteiger charge is 2.35. The van der Waals surface area contributed by atoms with Crippen molar-refractivity contribution in [2.45, 2.75) is 16.7 Å². The molecule has 1 unspecified atom stereocenters. The van der Waals surface area contributed by atoms with Crippen molar-refractivity contribution in [3.63, 3.8) is 0 Å². The number of esters is 1. The molecule has 0 aliphatic rings. The molecule has 0 saturated heterocycles. The van der Waals surface area contributed by atoms with Gasteiger partial charge in [0.1, 0.15) is 11.3 Å². The molecule has 31 heavy (non-hydrogen) atoms. The molecule has 2 aromatic carbocycles. The monoisotopic (exact) mass is 460 g/mol. The van der Waals surface area contributed by atoms with Crippen molar-refractivity contribution in [3.05, 3.63) is 59.4 Å². The highest BCUT2D eigenvalue weighted by Crippen LogP contribution is 2.36. The normalized spacial score (nSPS) is 11.5. The number of benzene rings is 2. The van der Waals surface area contributed by atoms with Crippen molar-refractivity contribution in [1.82, 2.24) is 0 Å². The molecule has 1 atom stereocenters.